The molecule has 0 spiro atoms. The van der Waals surface area contributed by atoms with E-state index in [-0.39, 0.29) is 24.6 Å². The first kappa shape index (κ1) is 19.4. The number of carbonyl (C=O) groups excluding carboxylic acids is 1. The van der Waals surface area contributed by atoms with E-state index in [0.29, 0.717) is 24.2 Å². The normalized spacial score (nSPS) is 18.2. The van der Waals surface area contributed by atoms with E-state index in [1.807, 2.05) is 36.4 Å². The second-order valence-corrected chi connectivity index (χ2v) is 7.56. The van der Waals surface area contributed by atoms with Gasteiger partial charge in [0, 0.05) is 26.7 Å². The van der Waals surface area contributed by atoms with Crippen molar-refractivity contribution in [1.29, 1.82) is 0 Å². The number of nitrogens with zero attached hydrogens (tertiary/aromatic N) is 3. The van der Waals surface area contributed by atoms with Crippen molar-refractivity contribution in [3.05, 3.63) is 70.7 Å². The zero-order valence-electron chi connectivity index (χ0n) is 16.4. The number of likely N-dealkylation sites (tertiary alicyclic amines) is 1. The van der Waals surface area contributed by atoms with E-state index in [1.165, 1.54) is 4.57 Å². The fourth-order valence-electron chi connectivity index (χ4n) is 3.93. The second kappa shape index (κ2) is 8.23. The second-order valence-electron chi connectivity index (χ2n) is 7.56. The third-order valence-corrected chi connectivity index (χ3v) is 5.59. The number of rotatable bonds is 6. The molecule has 7 heteroatoms. The molecule has 7 nitrogen and oxygen atoms in total. The molecule has 1 saturated heterocycles. The molecule has 1 amide bonds. The maximum atomic E-state index is 13.1. The van der Waals surface area contributed by atoms with Gasteiger partial charge < -0.3 is 14.4 Å². The smallest absolute Gasteiger partial charge is 0.408 e. The maximum absolute atomic E-state index is 13.1. The SMILES string of the molecule is CN(C(=O)Cn1c(=O)oc2ccccc21)[C@H](CN1CC[C@H](O)C1)c1ccccc1. The van der Waals surface area contributed by atoms with Crippen molar-refractivity contribution in [2.24, 2.45) is 0 Å². The molecule has 152 valence electrons. The summed E-state index contributed by atoms with van der Waals surface area (Å²) in [6.45, 7) is 1.96. The zero-order chi connectivity index (χ0) is 20.4. The van der Waals surface area contributed by atoms with Crippen LogP contribution in [0.2, 0.25) is 0 Å². The van der Waals surface area contributed by atoms with Gasteiger partial charge >= 0.3 is 5.76 Å². The van der Waals surface area contributed by atoms with Crippen LogP contribution in [0.4, 0.5) is 0 Å². The summed E-state index contributed by atoms with van der Waals surface area (Å²) in [5, 5.41) is 9.86. The van der Waals surface area contributed by atoms with Crippen molar-refractivity contribution in [1.82, 2.24) is 14.4 Å². The van der Waals surface area contributed by atoms with Crippen LogP contribution in [0.1, 0.15) is 18.0 Å². The lowest BCUT2D eigenvalue weighted by Gasteiger charge is -2.32. The van der Waals surface area contributed by atoms with Gasteiger partial charge in [-0.3, -0.25) is 14.3 Å². The minimum absolute atomic E-state index is 0.0850. The Balaban J connectivity index is 1.57. The first-order valence-corrected chi connectivity index (χ1v) is 9.82. The van der Waals surface area contributed by atoms with Gasteiger partial charge in [0.2, 0.25) is 5.91 Å². The van der Waals surface area contributed by atoms with E-state index in [1.54, 1.807) is 30.1 Å². The van der Waals surface area contributed by atoms with Crippen molar-refractivity contribution in [2.75, 3.05) is 26.7 Å². The van der Waals surface area contributed by atoms with Crippen LogP contribution in [0.15, 0.2) is 63.8 Å². The average Bonchev–Trinajstić information content (AvgIpc) is 3.29. The fourth-order valence-corrected chi connectivity index (χ4v) is 3.93. The number of β-amino-alcohol motifs (C(OH)–C–C–N with tert-alkyl or cyclic N) is 1. The number of fused-ring (bicyclic) bond motifs is 1. The molecule has 0 saturated carbocycles. The minimum Gasteiger partial charge on any atom is -0.408 e. The van der Waals surface area contributed by atoms with Crippen LogP contribution >= 0.6 is 0 Å². The molecule has 1 N–H and O–H groups in total. The summed E-state index contributed by atoms with van der Waals surface area (Å²) >= 11 is 0. The molecule has 0 bridgehead atoms. The number of aliphatic hydroxyl groups excluding tert-OH is 1. The standard InChI is InChI=1S/C22H25N3O4/c1-23(21(27)15-25-18-9-5-6-10-20(18)29-22(25)28)19(16-7-3-2-4-8-16)14-24-12-11-17(26)13-24/h2-10,17,19,26H,11-15H2,1H3/t17-,19+/m0/s1. The summed E-state index contributed by atoms with van der Waals surface area (Å²) in [5.41, 5.74) is 2.10. The average molecular weight is 395 g/mol. The van der Waals surface area contributed by atoms with Crippen LogP contribution in [0, 0.1) is 0 Å². The van der Waals surface area contributed by atoms with Crippen LogP contribution < -0.4 is 5.76 Å². The molecule has 1 aliphatic rings. The van der Waals surface area contributed by atoms with Crippen molar-refractivity contribution < 1.29 is 14.3 Å². The number of hydrogen-bond acceptors (Lipinski definition) is 5. The van der Waals surface area contributed by atoms with Gasteiger partial charge in [-0.2, -0.15) is 0 Å². The predicted molar refractivity (Wildman–Crippen MR) is 109 cm³/mol. The Morgan fingerprint density at radius 3 is 2.66 bits per heavy atom. The highest BCUT2D eigenvalue weighted by molar-refractivity contribution is 5.79. The molecular weight excluding hydrogens is 370 g/mol. The topological polar surface area (TPSA) is 78.9 Å². The molecule has 1 fully saturated rings. The van der Waals surface area contributed by atoms with Gasteiger partial charge in [-0.25, -0.2) is 4.79 Å². The number of oxazole rings is 1. The summed E-state index contributed by atoms with van der Waals surface area (Å²) in [6, 6.07) is 16.8. The van der Waals surface area contributed by atoms with Crippen molar-refractivity contribution in [3.63, 3.8) is 0 Å². The molecule has 0 aliphatic carbocycles. The summed E-state index contributed by atoms with van der Waals surface area (Å²) in [7, 11) is 1.76. The molecule has 3 aromatic rings. The van der Waals surface area contributed by atoms with E-state index >= 15 is 0 Å². The highest BCUT2D eigenvalue weighted by Crippen LogP contribution is 2.23. The van der Waals surface area contributed by atoms with Gasteiger partial charge in [0.05, 0.1) is 17.7 Å². The molecule has 1 aliphatic heterocycles. The molecular formula is C22H25N3O4. The lowest BCUT2D eigenvalue weighted by Crippen LogP contribution is -2.41. The monoisotopic (exact) mass is 395 g/mol. The number of likely N-dealkylation sites (N-methyl/N-ethyl adjacent to an activating group) is 1. The van der Waals surface area contributed by atoms with Crippen LogP contribution in [0.25, 0.3) is 11.1 Å². The van der Waals surface area contributed by atoms with Crippen LogP contribution in [-0.2, 0) is 11.3 Å². The largest absolute Gasteiger partial charge is 0.420 e. The van der Waals surface area contributed by atoms with Crippen LogP contribution in [0.5, 0.6) is 0 Å². The van der Waals surface area contributed by atoms with Crippen molar-refractivity contribution in [2.45, 2.75) is 25.1 Å². The third-order valence-electron chi connectivity index (χ3n) is 5.59. The van der Waals surface area contributed by atoms with Crippen LogP contribution in [-0.4, -0.2) is 58.2 Å². The van der Waals surface area contributed by atoms with Gasteiger partial charge in [0.1, 0.15) is 6.54 Å². The highest BCUT2D eigenvalue weighted by Gasteiger charge is 2.28. The summed E-state index contributed by atoms with van der Waals surface area (Å²) < 4.78 is 6.62. The molecule has 4 rings (SSSR count). The number of hydrogen-bond donors (Lipinski definition) is 1. The summed E-state index contributed by atoms with van der Waals surface area (Å²) in [4.78, 5) is 29.2. The fraction of sp³-hybridized carbons (Fsp3) is 0.364. The van der Waals surface area contributed by atoms with Crippen molar-refractivity contribution in [3.8, 4) is 0 Å². The van der Waals surface area contributed by atoms with E-state index in [4.69, 9.17) is 4.42 Å². The number of aliphatic hydroxyl groups is 1. The molecule has 0 radical (unpaired) electrons. The van der Waals surface area contributed by atoms with Gasteiger partial charge in [-0.05, 0) is 24.1 Å². The molecule has 0 unspecified atom stereocenters. The minimum atomic E-state index is -0.535. The van der Waals surface area contributed by atoms with Crippen molar-refractivity contribution >= 4 is 17.0 Å². The Hall–Kier alpha value is -2.90. The lowest BCUT2D eigenvalue weighted by molar-refractivity contribution is -0.133. The van der Waals surface area contributed by atoms with Gasteiger partial charge in [0.15, 0.2) is 5.58 Å². The van der Waals surface area contributed by atoms with E-state index in [0.717, 1.165) is 18.5 Å². The molecule has 2 heterocycles. The number of para-hydroxylation sites is 2. The summed E-state index contributed by atoms with van der Waals surface area (Å²) in [5.74, 6) is -0.709. The van der Waals surface area contributed by atoms with E-state index in [9.17, 15) is 14.7 Å². The lowest BCUT2D eigenvalue weighted by atomic mass is 10.0. The number of carbonyl (C=O) groups is 1. The molecule has 2 atom stereocenters. The molecule has 29 heavy (non-hydrogen) atoms. The van der Waals surface area contributed by atoms with Crippen LogP contribution in [0.3, 0.4) is 0 Å². The van der Waals surface area contributed by atoms with E-state index in [2.05, 4.69) is 4.90 Å². The Morgan fingerprint density at radius 1 is 1.21 bits per heavy atom. The first-order valence-electron chi connectivity index (χ1n) is 9.82. The third kappa shape index (κ3) is 4.11. The first-order chi connectivity index (χ1) is 14.0. The Kier molecular flexibility index (Phi) is 5.51. The zero-order valence-corrected chi connectivity index (χ0v) is 16.4. The Labute approximate surface area is 168 Å². The molecule has 1 aromatic heterocycles. The molecule has 2 aromatic carbocycles. The Morgan fingerprint density at radius 2 is 1.93 bits per heavy atom. The van der Waals surface area contributed by atoms with Gasteiger partial charge in [-0.1, -0.05) is 42.5 Å². The Bertz CT molecular complexity index is 1040. The number of aromatic nitrogens is 1. The summed E-state index contributed by atoms with van der Waals surface area (Å²) in [6.07, 6.45) is 0.429. The maximum Gasteiger partial charge on any atom is 0.420 e. The predicted octanol–water partition coefficient (Wildman–Crippen LogP) is 1.86. The highest BCUT2D eigenvalue weighted by atomic mass is 16.4. The number of benzene rings is 2. The van der Waals surface area contributed by atoms with Gasteiger partial charge in [-0.15, -0.1) is 0 Å². The van der Waals surface area contributed by atoms with Gasteiger partial charge in [0.25, 0.3) is 0 Å². The number of amides is 1. The van der Waals surface area contributed by atoms with E-state index < -0.39 is 5.76 Å². The quantitative estimate of drug-likeness (QED) is 0.689.